The predicted molar refractivity (Wildman–Crippen MR) is 160 cm³/mol. The highest BCUT2D eigenvalue weighted by Crippen LogP contribution is 2.32. The molecule has 0 spiro atoms. The number of nitrogens with zero attached hydrogens (tertiary/aromatic N) is 1. The summed E-state index contributed by atoms with van der Waals surface area (Å²) < 4.78 is 84.1. The lowest BCUT2D eigenvalue weighted by Gasteiger charge is -2.20. The number of halogens is 7. The molecule has 0 saturated heterocycles. The molecule has 4 rings (SSSR count). The fourth-order valence-electron chi connectivity index (χ4n) is 3.75. The van der Waals surface area contributed by atoms with Gasteiger partial charge >= 0.3 is 24.3 Å². The molecular formula is C30H27F7N6O6. The largest absolute Gasteiger partial charge is 0.494 e. The van der Waals surface area contributed by atoms with Crippen LogP contribution in [0.15, 0.2) is 72.9 Å². The molecule has 262 valence electrons. The number of aliphatic carboxylic acids is 2. The lowest BCUT2D eigenvalue weighted by molar-refractivity contribution is -0.193. The number of ether oxygens (including phenoxy) is 1. The molecule has 0 fully saturated rings. The molecule has 1 amide bonds. The number of carbonyl (C=O) groups is 3. The molecule has 3 aromatic carbocycles. The zero-order valence-corrected chi connectivity index (χ0v) is 25.0. The number of aromatic amines is 1. The summed E-state index contributed by atoms with van der Waals surface area (Å²) in [5.74, 6) is -5.63. The average molecular weight is 701 g/mol. The van der Waals surface area contributed by atoms with Crippen molar-refractivity contribution >= 4 is 29.4 Å². The topological polar surface area (TPSA) is 217 Å². The molecule has 0 saturated carbocycles. The molecule has 4 aromatic rings. The predicted octanol–water partition coefficient (Wildman–Crippen LogP) is 5.47. The fourth-order valence-corrected chi connectivity index (χ4v) is 3.75. The zero-order valence-electron chi connectivity index (χ0n) is 25.0. The summed E-state index contributed by atoms with van der Waals surface area (Å²) in [4.78, 5) is 37.5. The van der Waals surface area contributed by atoms with Gasteiger partial charge in [0.2, 0.25) is 5.91 Å². The number of H-pyrrole nitrogens is 1. The van der Waals surface area contributed by atoms with Crippen molar-refractivity contribution in [3.05, 3.63) is 101 Å². The first-order valence-electron chi connectivity index (χ1n) is 13.4. The number of alkyl halides is 6. The number of hydrogen-bond donors (Lipinski definition) is 7. The van der Waals surface area contributed by atoms with Crippen molar-refractivity contribution < 1.29 is 60.1 Å². The number of nitrogens with one attached hydrogen (secondary N) is 3. The number of nitrogens with two attached hydrogens (primary N) is 2. The Morgan fingerprint density at radius 3 is 1.98 bits per heavy atom. The molecule has 0 radical (unpaired) electrons. The third-order valence-electron chi connectivity index (χ3n) is 5.92. The maximum absolute atomic E-state index is 15.1. The van der Waals surface area contributed by atoms with E-state index < -0.39 is 42.1 Å². The Labute approximate surface area is 272 Å². The van der Waals surface area contributed by atoms with Gasteiger partial charge in [0.15, 0.2) is 0 Å². The number of aromatic nitrogens is 2. The summed E-state index contributed by atoms with van der Waals surface area (Å²) in [5, 5.41) is 25.1. The number of carboxylic acids is 2. The number of amides is 1. The molecule has 49 heavy (non-hydrogen) atoms. The first-order chi connectivity index (χ1) is 22.8. The number of primary amides is 1. The van der Waals surface area contributed by atoms with Crippen LogP contribution >= 0.6 is 0 Å². The minimum Gasteiger partial charge on any atom is -0.494 e. The Bertz CT molecular complexity index is 1750. The van der Waals surface area contributed by atoms with Crippen LogP contribution in [0.1, 0.15) is 40.3 Å². The number of imidazole rings is 1. The smallest absolute Gasteiger partial charge is 0.490 e. The number of hydrogen-bond acceptors (Lipinski definition) is 7. The molecule has 0 aliphatic heterocycles. The molecule has 1 unspecified atom stereocenters. The summed E-state index contributed by atoms with van der Waals surface area (Å²) in [6.45, 7) is 2.29. The van der Waals surface area contributed by atoms with Crippen LogP contribution in [-0.2, 0) is 9.59 Å². The number of rotatable bonds is 9. The van der Waals surface area contributed by atoms with E-state index in [-0.39, 0.29) is 5.84 Å². The quantitative estimate of drug-likeness (QED) is 0.0669. The molecule has 9 N–H and O–H groups in total. The van der Waals surface area contributed by atoms with Crippen molar-refractivity contribution in [1.29, 1.82) is 5.41 Å². The number of benzene rings is 3. The number of carbonyl (C=O) groups excluding carboxylic acids is 1. The summed E-state index contributed by atoms with van der Waals surface area (Å²) >= 11 is 0. The maximum Gasteiger partial charge on any atom is 0.490 e. The van der Waals surface area contributed by atoms with E-state index in [2.05, 4.69) is 15.3 Å². The third-order valence-corrected chi connectivity index (χ3v) is 5.92. The normalized spacial score (nSPS) is 11.5. The summed E-state index contributed by atoms with van der Waals surface area (Å²) in [7, 11) is 0. The van der Waals surface area contributed by atoms with Gasteiger partial charge in [0, 0.05) is 34.1 Å². The van der Waals surface area contributed by atoms with E-state index in [0.717, 1.165) is 0 Å². The second kappa shape index (κ2) is 16.6. The molecule has 0 aliphatic rings. The van der Waals surface area contributed by atoms with E-state index in [4.69, 9.17) is 41.4 Å². The van der Waals surface area contributed by atoms with Crippen LogP contribution in [0.25, 0.3) is 11.3 Å². The second-order valence-electron chi connectivity index (χ2n) is 9.37. The van der Waals surface area contributed by atoms with Crippen molar-refractivity contribution in [2.24, 2.45) is 11.5 Å². The number of anilines is 1. The van der Waals surface area contributed by atoms with Crippen LogP contribution in [-0.4, -0.2) is 62.8 Å². The van der Waals surface area contributed by atoms with Crippen molar-refractivity contribution in [2.75, 3.05) is 11.9 Å². The summed E-state index contributed by atoms with van der Waals surface area (Å²) in [5.41, 5.74) is 14.0. The van der Waals surface area contributed by atoms with Crippen LogP contribution < -0.4 is 21.5 Å². The van der Waals surface area contributed by atoms with E-state index in [0.29, 0.717) is 51.8 Å². The molecule has 0 bridgehead atoms. The molecule has 12 nitrogen and oxygen atoms in total. The van der Waals surface area contributed by atoms with Crippen molar-refractivity contribution in [3.8, 4) is 17.0 Å². The van der Waals surface area contributed by atoms with Gasteiger partial charge in [-0.05, 0) is 55.5 Å². The lowest BCUT2D eigenvalue weighted by atomic mass is 10.0. The third kappa shape index (κ3) is 11.6. The average Bonchev–Trinajstić information content (AvgIpc) is 3.51. The van der Waals surface area contributed by atoms with Gasteiger partial charge in [-0.1, -0.05) is 18.2 Å². The minimum absolute atomic E-state index is 0.0487. The van der Waals surface area contributed by atoms with E-state index >= 15 is 4.39 Å². The molecule has 1 aromatic heterocycles. The van der Waals surface area contributed by atoms with E-state index in [1.807, 2.05) is 6.92 Å². The minimum atomic E-state index is -5.08. The van der Waals surface area contributed by atoms with Crippen LogP contribution in [0.5, 0.6) is 5.75 Å². The standard InChI is InChI=1S/C26H25FN6O2.2C2HF3O2/c1-2-35-17-11-12-21(27)20(13-17)23(32-16-9-7-15(8-10-16)24(28)29)26-31-14-22(33-26)18-5-3-4-6-19(18)25(30)34;2*3-2(4,5)1(6)7/h3-14,23,32H,2H2,1H3,(H3,28,29)(H2,30,34)(H,31,33);2*(H,6,7). The van der Waals surface area contributed by atoms with E-state index in [1.54, 1.807) is 66.9 Å². The van der Waals surface area contributed by atoms with Gasteiger partial charge in [-0.2, -0.15) is 26.3 Å². The Kier molecular flexibility index (Phi) is 13.2. The number of nitrogen functional groups attached to an aromatic ring is 1. The van der Waals surface area contributed by atoms with Gasteiger partial charge in [-0.15, -0.1) is 0 Å². The Morgan fingerprint density at radius 2 is 1.49 bits per heavy atom. The number of carboxylic acid groups (broad SMARTS) is 2. The highest BCUT2D eigenvalue weighted by molar-refractivity contribution is 5.99. The van der Waals surface area contributed by atoms with Crippen LogP contribution in [0, 0.1) is 11.2 Å². The van der Waals surface area contributed by atoms with Crippen molar-refractivity contribution in [1.82, 2.24) is 9.97 Å². The van der Waals surface area contributed by atoms with Gasteiger partial charge in [-0.25, -0.2) is 19.0 Å². The van der Waals surface area contributed by atoms with Crippen LogP contribution in [0.2, 0.25) is 0 Å². The Balaban J connectivity index is 0.000000500. The van der Waals surface area contributed by atoms with E-state index in [9.17, 15) is 31.1 Å². The zero-order chi connectivity index (χ0) is 37.1. The van der Waals surface area contributed by atoms with Crippen molar-refractivity contribution in [3.63, 3.8) is 0 Å². The van der Waals surface area contributed by atoms with Crippen LogP contribution in [0.4, 0.5) is 36.4 Å². The van der Waals surface area contributed by atoms with Gasteiger partial charge < -0.3 is 36.7 Å². The molecule has 1 atom stereocenters. The highest BCUT2D eigenvalue weighted by atomic mass is 19.4. The fraction of sp³-hybridized carbons (Fsp3) is 0.167. The Hall–Kier alpha value is -6.14. The highest BCUT2D eigenvalue weighted by Gasteiger charge is 2.39. The van der Waals surface area contributed by atoms with Crippen LogP contribution in [0.3, 0.4) is 0 Å². The lowest BCUT2D eigenvalue weighted by Crippen LogP contribution is -2.21. The molecule has 0 aliphatic carbocycles. The van der Waals surface area contributed by atoms with Gasteiger partial charge in [0.25, 0.3) is 0 Å². The SMILES string of the molecule is CCOc1ccc(F)c(C(Nc2ccc(C(=N)N)cc2)c2nc(-c3ccccc3C(N)=O)c[nH]2)c1.O=C(O)C(F)(F)F.O=C(O)C(F)(F)F. The maximum atomic E-state index is 15.1. The summed E-state index contributed by atoms with van der Waals surface area (Å²) in [6, 6.07) is 17.6. The number of amidine groups is 1. The molecule has 19 heteroatoms. The molecular weight excluding hydrogens is 673 g/mol. The first-order valence-corrected chi connectivity index (χ1v) is 13.4. The summed E-state index contributed by atoms with van der Waals surface area (Å²) in [6.07, 6.45) is -8.52. The molecule has 1 heterocycles. The monoisotopic (exact) mass is 700 g/mol. The Morgan fingerprint density at radius 1 is 0.939 bits per heavy atom. The van der Waals surface area contributed by atoms with Gasteiger partial charge in [-0.3, -0.25) is 10.2 Å². The van der Waals surface area contributed by atoms with E-state index in [1.165, 1.54) is 6.07 Å². The van der Waals surface area contributed by atoms with Crippen molar-refractivity contribution in [2.45, 2.75) is 25.3 Å². The second-order valence-corrected chi connectivity index (χ2v) is 9.37. The van der Waals surface area contributed by atoms with Gasteiger partial charge in [0.05, 0.1) is 12.3 Å². The first kappa shape index (κ1) is 39.0. The van der Waals surface area contributed by atoms with Gasteiger partial charge in [0.1, 0.15) is 29.3 Å².